The van der Waals surface area contributed by atoms with Crippen molar-refractivity contribution in [2.75, 3.05) is 52.4 Å². The monoisotopic (exact) mass is 239 g/mol. The van der Waals surface area contributed by atoms with Crippen LogP contribution in [0.2, 0.25) is 0 Å². The Morgan fingerprint density at radius 3 is 2.24 bits per heavy atom. The van der Waals surface area contributed by atoms with Gasteiger partial charge in [-0.15, -0.1) is 0 Å². The molecular weight excluding hydrogens is 210 g/mol. The molecular formula is C14H29N3. The number of nitrogens with one attached hydrogen (secondary N) is 1. The molecule has 0 aromatic heterocycles. The molecule has 0 atom stereocenters. The van der Waals surface area contributed by atoms with E-state index in [1.807, 2.05) is 0 Å². The van der Waals surface area contributed by atoms with Crippen molar-refractivity contribution in [3.8, 4) is 0 Å². The fraction of sp³-hybridized carbons (Fsp3) is 1.00. The van der Waals surface area contributed by atoms with Crippen LogP contribution in [0, 0.1) is 5.41 Å². The Balaban J connectivity index is 1.68. The van der Waals surface area contributed by atoms with Crippen LogP contribution in [0.5, 0.6) is 0 Å². The van der Waals surface area contributed by atoms with Crippen molar-refractivity contribution in [3.63, 3.8) is 0 Å². The van der Waals surface area contributed by atoms with Crippen molar-refractivity contribution in [1.29, 1.82) is 0 Å². The normalized spacial score (nSPS) is 27.9. The van der Waals surface area contributed by atoms with E-state index < -0.39 is 0 Å². The molecule has 0 saturated carbocycles. The number of piperazine rings is 1. The molecule has 3 nitrogen and oxygen atoms in total. The predicted molar refractivity (Wildman–Crippen MR) is 73.4 cm³/mol. The van der Waals surface area contributed by atoms with E-state index in [1.165, 1.54) is 71.6 Å². The molecule has 2 saturated heterocycles. The van der Waals surface area contributed by atoms with Crippen LogP contribution in [0.4, 0.5) is 0 Å². The topological polar surface area (TPSA) is 18.5 Å². The van der Waals surface area contributed by atoms with E-state index in [0.717, 1.165) is 0 Å². The largest absolute Gasteiger partial charge is 0.314 e. The Labute approximate surface area is 107 Å². The molecule has 0 unspecified atom stereocenters. The first-order valence-corrected chi connectivity index (χ1v) is 7.31. The van der Waals surface area contributed by atoms with Crippen molar-refractivity contribution in [1.82, 2.24) is 15.1 Å². The van der Waals surface area contributed by atoms with Gasteiger partial charge in [-0.05, 0) is 37.8 Å². The Bertz CT molecular complexity index is 222. The highest BCUT2D eigenvalue weighted by atomic mass is 15.2. The lowest BCUT2D eigenvalue weighted by Crippen LogP contribution is -2.46. The predicted octanol–water partition coefficient (Wildman–Crippen LogP) is 1.40. The molecule has 0 amide bonds. The second-order valence-electron chi connectivity index (χ2n) is 6.45. The summed E-state index contributed by atoms with van der Waals surface area (Å²) in [4.78, 5) is 5.28. The maximum atomic E-state index is 3.42. The van der Waals surface area contributed by atoms with Crippen LogP contribution < -0.4 is 5.32 Å². The van der Waals surface area contributed by atoms with Gasteiger partial charge in [-0.3, -0.25) is 4.90 Å². The quantitative estimate of drug-likeness (QED) is 0.803. The lowest BCUT2D eigenvalue weighted by atomic mass is 9.85. The molecule has 2 rings (SSSR count). The third-order valence-electron chi connectivity index (χ3n) is 4.37. The van der Waals surface area contributed by atoms with Crippen LogP contribution >= 0.6 is 0 Å². The van der Waals surface area contributed by atoms with Gasteiger partial charge in [0.1, 0.15) is 0 Å². The molecule has 100 valence electrons. The molecule has 1 N–H and O–H groups in total. The molecule has 2 aliphatic heterocycles. The fourth-order valence-electron chi connectivity index (χ4n) is 2.92. The molecule has 0 aliphatic carbocycles. The third-order valence-corrected chi connectivity index (χ3v) is 4.37. The zero-order chi connectivity index (χ0) is 12.1. The summed E-state index contributed by atoms with van der Waals surface area (Å²) in [6.45, 7) is 14.8. The molecule has 2 fully saturated rings. The SMILES string of the molecule is CC1(C)CCCN(CCN2CCNCC2)CC1. The second-order valence-corrected chi connectivity index (χ2v) is 6.45. The maximum Gasteiger partial charge on any atom is 0.0110 e. The summed E-state index contributed by atoms with van der Waals surface area (Å²) < 4.78 is 0. The highest BCUT2D eigenvalue weighted by Gasteiger charge is 2.23. The van der Waals surface area contributed by atoms with Gasteiger partial charge >= 0.3 is 0 Å². The first kappa shape index (κ1) is 13.3. The van der Waals surface area contributed by atoms with Crippen molar-refractivity contribution < 1.29 is 0 Å². The van der Waals surface area contributed by atoms with Crippen molar-refractivity contribution in [2.45, 2.75) is 33.1 Å². The van der Waals surface area contributed by atoms with Crippen LogP contribution in [0.3, 0.4) is 0 Å². The van der Waals surface area contributed by atoms with Gasteiger partial charge in [-0.1, -0.05) is 13.8 Å². The van der Waals surface area contributed by atoms with Crippen LogP contribution in [0.15, 0.2) is 0 Å². The smallest absolute Gasteiger partial charge is 0.0110 e. The number of nitrogens with zero attached hydrogens (tertiary/aromatic N) is 2. The first-order chi connectivity index (χ1) is 8.16. The Morgan fingerprint density at radius 1 is 0.882 bits per heavy atom. The molecule has 2 heterocycles. The second kappa shape index (κ2) is 6.17. The standard InChI is InChI=1S/C14H29N3/c1-14(2)4-3-8-16(9-5-14)12-13-17-10-6-15-7-11-17/h15H,3-13H2,1-2H3. The zero-order valence-electron chi connectivity index (χ0n) is 11.7. The third kappa shape index (κ3) is 4.57. The minimum Gasteiger partial charge on any atom is -0.314 e. The number of hydrogen-bond donors (Lipinski definition) is 1. The summed E-state index contributed by atoms with van der Waals surface area (Å²) in [5.41, 5.74) is 0.573. The lowest BCUT2D eigenvalue weighted by Gasteiger charge is -2.30. The van der Waals surface area contributed by atoms with Gasteiger partial charge in [0.25, 0.3) is 0 Å². The van der Waals surface area contributed by atoms with E-state index in [0.29, 0.717) is 5.41 Å². The van der Waals surface area contributed by atoms with Crippen LogP contribution in [-0.4, -0.2) is 62.2 Å². The van der Waals surface area contributed by atoms with Crippen molar-refractivity contribution in [2.24, 2.45) is 5.41 Å². The average molecular weight is 239 g/mol. The molecule has 0 aromatic carbocycles. The van der Waals surface area contributed by atoms with Gasteiger partial charge in [0, 0.05) is 39.3 Å². The van der Waals surface area contributed by atoms with E-state index in [1.54, 1.807) is 0 Å². The van der Waals surface area contributed by atoms with Gasteiger partial charge in [0.2, 0.25) is 0 Å². The summed E-state index contributed by atoms with van der Waals surface area (Å²) in [6.07, 6.45) is 4.15. The Kier molecular flexibility index (Phi) is 4.83. The molecule has 0 spiro atoms. The highest BCUT2D eigenvalue weighted by molar-refractivity contribution is 4.77. The van der Waals surface area contributed by atoms with E-state index in [2.05, 4.69) is 29.0 Å². The summed E-state index contributed by atoms with van der Waals surface area (Å²) in [5, 5.41) is 3.42. The van der Waals surface area contributed by atoms with E-state index in [4.69, 9.17) is 0 Å². The average Bonchev–Trinajstić information content (AvgIpc) is 2.49. The van der Waals surface area contributed by atoms with Gasteiger partial charge in [0.15, 0.2) is 0 Å². The van der Waals surface area contributed by atoms with Crippen molar-refractivity contribution >= 4 is 0 Å². The Hall–Kier alpha value is -0.120. The highest BCUT2D eigenvalue weighted by Crippen LogP contribution is 2.29. The number of rotatable bonds is 3. The minimum atomic E-state index is 0.573. The van der Waals surface area contributed by atoms with Crippen LogP contribution in [0.1, 0.15) is 33.1 Å². The molecule has 2 aliphatic rings. The van der Waals surface area contributed by atoms with Gasteiger partial charge < -0.3 is 10.2 Å². The summed E-state index contributed by atoms with van der Waals surface area (Å²) in [7, 11) is 0. The summed E-state index contributed by atoms with van der Waals surface area (Å²) in [5.74, 6) is 0. The van der Waals surface area contributed by atoms with Gasteiger partial charge in [-0.25, -0.2) is 0 Å². The van der Waals surface area contributed by atoms with E-state index >= 15 is 0 Å². The van der Waals surface area contributed by atoms with Crippen LogP contribution in [-0.2, 0) is 0 Å². The zero-order valence-corrected chi connectivity index (χ0v) is 11.7. The molecule has 3 heteroatoms. The van der Waals surface area contributed by atoms with E-state index in [9.17, 15) is 0 Å². The molecule has 0 radical (unpaired) electrons. The van der Waals surface area contributed by atoms with Crippen LogP contribution in [0.25, 0.3) is 0 Å². The van der Waals surface area contributed by atoms with Crippen molar-refractivity contribution in [3.05, 3.63) is 0 Å². The molecule has 0 bridgehead atoms. The molecule has 17 heavy (non-hydrogen) atoms. The summed E-state index contributed by atoms with van der Waals surface area (Å²) >= 11 is 0. The fourth-order valence-corrected chi connectivity index (χ4v) is 2.92. The van der Waals surface area contributed by atoms with E-state index in [-0.39, 0.29) is 0 Å². The van der Waals surface area contributed by atoms with Gasteiger partial charge in [0.05, 0.1) is 0 Å². The first-order valence-electron chi connectivity index (χ1n) is 7.31. The number of hydrogen-bond acceptors (Lipinski definition) is 3. The minimum absolute atomic E-state index is 0.573. The lowest BCUT2D eigenvalue weighted by molar-refractivity contribution is 0.188. The maximum absolute atomic E-state index is 3.42. The number of likely N-dealkylation sites (tertiary alicyclic amines) is 1. The summed E-state index contributed by atoms with van der Waals surface area (Å²) in [6, 6.07) is 0. The Morgan fingerprint density at radius 2 is 1.53 bits per heavy atom. The molecule has 0 aromatic rings. The van der Waals surface area contributed by atoms with Gasteiger partial charge in [-0.2, -0.15) is 0 Å².